The molecule has 1 aromatic rings. The van der Waals surface area contributed by atoms with Crippen molar-refractivity contribution in [2.45, 2.75) is 52.0 Å². The molecule has 112 valence electrons. The Morgan fingerprint density at radius 1 is 1.05 bits per heavy atom. The molecule has 0 aromatic heterocycles. The third-order valence-corrected chi connectivity index (χ3v) is 3.97. The van der Waals surface area contributed by atoms with Crippen molar-refractivity contribution in [1.29, 1.82) is 0 Å². The van der Waals surface area contributed by atoms with Crippen molar-refractivity contribution in [2.75, 3.05) is 6.54 Å². The smallest absolute Gasteiger partial charge is 0.161 e. The van der Waals surface area contributed by atoms with E-state index in [0.717, 1.165) is 25.5 Å². The van der Waals surface area contributed by atoms with Gasteiger partial charge in [0.25, 0.3) is 0 Å². The van der Waals surface area contributed by atoms with Crippen LogP contribution in [0.1, 0.15) is 45.1 Å². The van der Waals surface area contributed by atoms with E-state index in [0.29, 0.717) is 18.5 Å². The van der Waals surface area contributed by atoms with Crippen molar-refractivity contribution in [1.82, 2.24) is 5.32 Å². The number of aryl methyl sites for hydroxylation is 1. The van der Waals surface area contributed by atoms with Gasteiger partial charge in [-0.3, -0.25) is 0 Å². The largest absolute Gasteiger partial charge is 0.314 e. The molecule has 1 fully saturated rings. The van der Waals surface area contributed by atoms with E-state index in [4.69, 9.17) is 0 Å². The summed E-state index contributed by atoms with van der Waals surface area (Å²) in [6, 6.07) is 2.30. The van der Waals surface area contributed by atoms with Crippen LogP contribution in [0.5, 0.6) is 0 Å². The number of hydrogen-bond donors (Lipinski definition) is 1. The van der Waals surface area contributed by atoms with E-state index in [2.05, 4.69) is 19.2 Å². The van der Waals surface area contributed by atoms with Gasteiger partial charge in [-0.25, -0.2) is 13.2 Å². The summed E-state index contributed by atoms with van der Waals surface area (Å²) in [6.45, 7) is 5.21. The van der Waals surface area contributed by atoms with E-state index in [-0.39, 0.29) is 11.0 Å². The van der Waals surface area contributed by atoms with E-state index in [9.17, 15) is 13.2 Å². The van der Waals surface area contributed by atoms with Crippen LogP contribution in [-0.2, 0) is 6.42 Å². The molecule has 0 amide bonds. The number of rotatable bonds is 7. The van der Waals surface area contributed by atoms with Crippen LogP contribution in [0.25, 0.3) is 0 Å². The Labute approximate surface area is 118 Å². The van der Waals surface area contributed by atoms with Crippen LogP contribution in [0.2, 0.25) is 0 Å². The molecule has 1 aromatic carbocycles. The van der Waals surface area contributed by atoms with Gasteiger partial charge in [-0.15, -0.1) is 0 Å². The lowest BCUT2D eigenvalue weighted by Gasteiger charge is -2.25. The molecule has 0 unspecified atom stereocenters. The maximum Gasteiger partial charge on any atom is 0.161 e. The number of halogens is 3. The summed E-state index contributed by atoms with van der Waals surface area (Å²) in [7, 11) is 0. The van der Waals surface area contributed by atoms with E-state index in [1.54, 1.807) is 0 Å². The van der Waals surface area contributed by atoms with Crippen LogP contribution in [0.15, 0.2) is 12.1 Å². The Morgan fingerprint density at radius 3 is 2.35 bits per heavy atom. The minimum Gasteiger partial charge on any atom is -0.314 e. The van der Waals surface area contributed by atoms with Gasteiger partial charge in [-0.1, -0.05) is 13.8 Å². The van der Waals surface area contributed by atoms with Crippen molar-refractivity contribution in [2.24, 2.45) is 5.41 Å². The molecule has 0 bridgehead atoms. The highest BCUT2D eigenvalue weighted by Gasteiger charge is 2.23. The molecule has 1 N–H and O–H groups in total. The molecular weight excluding hydrogens is 263 g/mol. The zero-order valence-corrected chi connectivity index (χ0v) is 12.1. The lowest BCUT2D eigenvalue weighted by molar-refractivity contribution is 0.300. The molecule has 1 nitrogen and oxygen atoms in total. The summed E-state index contributed by atoms with van der Waals surface area (Å²) in [5.74, 6) is -2.76. The molecule has 1 aliphatic rings. The molecule has 0 spiro atoms. The van der Waals surface area contributed by atoms with Gasteiger partial charge in [-0.2, -0.15) is 0 Å². The molecule has 0 aliphatic heterocycles. The first kappa shape index (κ1) is 15.4. The molecule has 1 saturated carbocycles. The Hall–Kier alpha value is -1.03. The van der Waals surface area contributed by atoms with E-state index in [1.807, 2.05) is 0 Å². The minimum absolute atomic E-state index is 0.0548. The van der Waals surface area contributed by atoms with E-state index >= 15 is 0 Å². The van der Waals surface area contributed by atoms with Crippen molar-refractivity contribution in [3.8, 4) is 0 Å². The van der Waals surface area contributed by atoms with Gasteiger partial charge >= 0.3 is 0 Å². The minimum atomic E-state index is -1.13. The second-order valence-corrected chi connectivity index (χ2v) is 6.50. The zero-order valence-electron chi connectivity index (χ0n) is 12.1. The van der Waals surface area contributed by atoms with Gasteiger partial charge in [0, 0.05) is 12.1 Å². The van der Waals surface area contributed by atoms with Gasteiger partial charge in [0.2, 0.25) is 0 Å². The van der Waals surface area contributed by atoms with Gasteiger partial charge < -0.3 is 5.32 Å². The first-order chi connectivity index (χ1) is 9.37. The summed E-state index contributed by atoms with van der Waals surface area (Å²) in [5.41, 5.74) is 0.311. The lowest BCUT2D eigenvalue weighted by atomic mass is 9.83. The van der Waals surface area contributed by atoms with Gasteiger partial charge in [-0.05, 0) is 55.7 Å². The molecule has 0 heterocycles. The molecular formula is C16H22F3N. The number of nitrogens with one attached hydrogen (secondary N) is 1. The fourth-order valence-corrected chi connectivity index (χ4v) is 2.26. The van der Waals surface area contributed by atoms with Crippen molar-refractivity contribution in [3.63, 3.8) is 0 Å². The fraction of sp³-hybridized carbons (Fsp3) is 0.625. The third-order valence-electron chi connectivity index (χ3n) is 3.97. The van der Waals surface area contributed by atoms with Gasteiger partial charge in [0.05, 0.1) is 0 Å². The molecule has 2 rings (SSSR count). The summed E-state index contributed by atoms with van der Waals surface area (Å²) >= 11 is 0. The third kappa shape index (κ3) is 4.51. The van der Waals surface area contributed by atoms with Crippen LogP contribution >= 0.6 is 0 Å². The molecule has 0 radical (unpaired) electrons. The SMILES string of the molecule is CC(C)(CCNC1CC1)CCc1cc(F)c(F)cc1F. The van der Waals surface area contributed by atoms with Crippen LogP contribution in [0.4, 0.5) is 13.2 Å². The highest BCUT2D eigenvalue weighted by molar-refractivity contribution is 5.20. The first-order valence-corrected chi connectivity index (χ1v) is 7.24. The normalized spacial score (nSPS) is 15.7. The monoisotopic (exact) mass is 285 g/mol. The van der Waals surface area contributed by atoms with Gasteiger partial charge in [0.1, 0.15) is 5.82 Å². The van der Waals surface area contributed by atoms with E-state index < -0.39 is 17.5 Å². The highest BCUT2D eigenvalue weighted by atomic mass is 19.2. The highest BCUT2D eigenvalue weighted by Crippen LogP contribution is 2.28. The Kier molecular flexibility index (Phi) is 4.74. The standard InChI is InChI=1S/C16H22F3N/c1-16(2,7-8-20-12-3-4-12)6-5-11-9-14(18)15(19)10-13(11)17/h9-10,12,20H,3-8H2,1-2H3. The second-order valence-electron chi connectivity index (χ2n) is 6.50. The average Bonchev–Trinajstić information content (AvgIpc) is 3.16. The summed E-state index contributed by atoms with van der Waals surface area (Å²) in [4.78, 5) is 0. The van der Waals surface area contributed by atoms with Crippen molar-refractivity contribution < 1.29 is 13.2 Å². The Morgan fingerprint density at radius 2 is 1.70 bits per heavy atom. The quantitative estimate of drug-likeness (QED) is 0.740. The number of hydrogen-bond acceptors (Lipinski definition) is 1. The van der Waals surface area contributed by atoms with Crippen LogP contribution in [0, 0.1) is 22.9 Å². The predicted molar refractivity (Wildman–Crippen MR) is 74.1 cm³/mol. The first-order valence-electron chi connectivity index (χ1n) is 7.24. The zero-order chi connectivity index (χ0) is 14.8. The Balaban J connectivity index is 1.84. The molecule has 20 heavy (non-hydrogen) atoms. The topological polar surface area (TPSA) is 12.0 Å². The molecule has 4 heteroatoms. The van der Waals surface area contributed by atoms with Gasteiger partial charge in [0.15, 0.2) is 11.6 Å². The fourth-order valence-electron chi connectivity index (χ4n) is 2.26. The van der Waals surface area contributed by atoms with E-state index in [1.165, 1.54) is 12.8 Å². The average molecular weight is 285 g/mol. The van der Waals surface area contributed by atoms with Crippen molar-refractivity contribution >= 4 is 0 Å². The molecule has 1 aliphatic carbocycles. The molecule has 0 atom stereocenters. The summed E-state index contributed by atoms with van der Waals surface area (Å²) in [6.07, 6.45) is 4.70. The van der Waals surface area contributed by atoms with Crippen LogP contribution in [-0.4, -0.2) is 12.6 Å². The Bertz CT molecular complexity index is 467. The second kappa shape index (κ2) is 6.17. The maximum absolute atomic E-state index is 13.6. The van der Waals surface area contributed by atoms with Crippen LogP contribution < -0.4 is 5.32 Å². The van der Waals surface area contributed by atoms with Crippen molar-refractivity contribution in [3.05, 3.63) is 35.1 Å². The lowest BCUT2D eigenvalue weighted by Crippen LogP contribution is -2.24. The van der Waals surface area contributed by atoms with Crippen LogP contribution in [0.3, 0.4) is 0 Å². The molecule has 0 saturated heterocycles. The summed E-state index contributed by atoms with van der Waals surface area (Å²) in [5, 5.41) is 3.46. The number of benzene rings is 1. The summed E-state index contributed by atoms with van der Waals surface area (Å²) < 4.78 is 39.5. The predicted octanol–water partition coefficient (Wildman–Crippen LogP) is 4.20. The maximum atomic E-state index is 13.6.